The van der Waals surface area contributed by atoms with Crippen LogP contribution in [0.15, 0.2) is 66.7 Å². The van der Waals surface area contributed by atoms with E-state index in [4.69, 9.17) is 9.47 Å². The van der Waals surface area contributed by atoms with E-state index in [1.165, 1.54) is 37.4 Å². The molecule has 0 saturated carbocycles. The number of nitrogens with zero attached hydrogens (tertiary/aromatic N) is 2. The van der Waals surface area contributed by atoms with Crippen molar-refractivity contribution >= 4 is 11.7 Å². The van der Waals surface area contributed by atoms with Crippen molar-refractivity contribution in [2.75, 3.05) is 13.7 Å². The highest BCUT2D eigenvalue weighted by atomic mass is 19.2. The van der Waals surface area contributed by atoms with Crippen LogP contribution in [0.1, 0.15) is 11.6 Å². The van der Waals surface area contributed by atoms with Crippen molar-refractivity contribution in [1.82, 2.24) is 10.2 Å². The summed E-state index contributed by atoms with van der Waals surface area (Å²) in [4.78, 5) is 24.0. The second-order valence-electron chi connectivity index (χ2n) is 6.29. The number of non-ortho nitro benzene ring substituents is 1. The van der Waals surface area contributed by atoms with Gasteiger partial charge in [0.2, 0.25) is 0 Å². The van der Waals surface area contributed by atoms with Crippen LogP contribution in [0.3, 0.4) is 0 Å². The zero-order chi connectivity index (χ0) is 21.8. The summed E-state index contributed by atoms with van der Waals surface area (Å²) in [6.07, 6.45) is 1.60. The van der Waals surface area contributed by atoms with Crippen molar-refractivity contribution < 1.29 is 28.0 Å². The van der Waals surface area contributed by atoms with Crippen LogP contribution in [0.5, 0.6) is 5.75 Å². The first-order valence-electron chi connectivity index (χ1n) is 8.66. The monoisotopic (exact) mass is 417 g/mol. The van der Waals surface area contributed by atoms with E-state index in [-0.39, 0.29) is 29.5 Å². The van der Waals surface area contributed by atoms with E-state index < -0.39 is 28.6 Å². The van der Waals surface area contributed by atoms with Gasteiger partial charge in [-0.05, 0) is 42.5 Å². The van der Waals surface area contributed by atoms with Crippen molar-refractivity contribution in [1.29, 1.82) is 0 Å². The number of carbonyl (C=O) groups is 1. The summed E-state index contributed by atoms with van der Waals surface area (Å²) in [6.45, 7) is 3.84. The number of rotatable bonds is 7. The molecule has 0 aliphatic carbocycles. The van der Waals surface area contributed by atoms with Crippen molar-refractivity contribution in [2.24, 2.45) is 0 Å². The van der Waals surface area contributed by atoms with E-state index in [2.05, 4.69) is 11.9 Å². The molecule has 0 radical (unpaired) electrons. The molecule has 1 unspecified atom stereocenters. The molecule has 0 bridgehead atoms. The van der Waals surface area contributed by atoms with Crippen LogP contribution in [0.4, 0.5) is 19.3 Å². The van der Waals surface area contributed by atoms with Gasteiger partial charge < -0.3 is 14.8 Å². The molecule has 1 N–H and O–H groups in total. The first-order valence-corrected chi connectivity index (χ1v) is 8.66. The zero-order valence-corrected chi connectivity index (χ0v) is 15.8. The molecule has 1 heterocycles. The topological polar surface area (TPSA) is 93.9 Å². The number of ether oxygens (including phenoxy) is 2. The van der Waals surface area contributed by atoms with E-state index in [0.717, 1.165) is 17.0 Å². The minimum Gasteiger partial charge on any atom is -0.441 e. The predicted octanol–water partition coefficient (Wildman–Crippen LogP) is 4.02. The smallest absolute Gasteiger partial charge is 0.329 e. The van der Waals surface area contributed by atoms with E-state index in [1.54, 1.807) is 6.08 Å². The molecule has 10 heteroatoms. The Hall–Kier alpha value is -3.79. The largest absolute Gasteiger partial charge is 0.441 e. The molecule has 8 nitrogen and oxygen atoms in total. The fourth-order valence-corrected chi connectivity index (χ4v) is 2.90. The number of methoxy groups -OCH3 is 1. The zero-order valence-electron chi connectivity index (χ0n) is 15.8. The minimum atomic E-state index is -1.07. The number of hydrogen-bond acceptors (Lipinski definition) is 5. The lowest BCUT2D eigenvalue weighted by atomic mass is 10.0. The van der Waals surface area contributed by atoms with Crippen molar-refractivity contribution in [3.63, 3.8) is 0 Å². The molecule has 0 aromatic heterocycles. The second-order valence-corrected chi connectivity index (χ2v) is 6.29. The first-order chi connectivity index (χ1) is 14.3. The average molecular weight is 417 g/mol. The van der Waals surface area contributed by atoms with Gasteiger partial charge in [0, 0.05) is 24.9 Å². The molecule has 0 fully saturated rings. The molecule has 156 valence electrons. The summed E-state index contributed by atoms with van der Waals surface area (Å²) in [5.74, 6) is -2.01. The standard InChI is InChI=1S/C20H17F2N3O5/c1-12(30-16-6-4-15(5-7-16)25(27)28)24-19(10-14(11-29-2)23-20(24)26)13-3-8-17(21)18(22)9-13/h3-10,19H,1,11H2,2H3,(H,23,26). The van der Waals surface area contributed by atoms with Gasteiger partial charge in [-0.3, -0.25) is 15.0 Å². The van der Waals surface area contributed by atoms with E-state index in [9.17, 15) is 23.7 Å². The SMILES string of the molecule is C=C(Oc1ccc([N+](=O)[O-])cc1)N1C(=O)NC(COC)=CC1c1ccc(F)c(F)c1. The lowest BCUT2D eigenvalue weighted by molar-refractivity contribution is -0.384. The molecule has 0 saturated heterocycles. The number of urea groups is 1. The van der Waals surface area contributed by atoms with Crippen LogP contribution in [0.2, 0.25) is 0 Å². The van der Waals surface area contributed by atoms with Gasteiger partial charge >= 0.3 is 6.03 Å². The summed E-state index contributed by atoms with van der Waals surface area (Å²) in [5, 5.41) is 13.4. The Morgan fingerprint density at radius 2 is 1.93 bits per heavy atom. The Labute approximate surface area is 170 Å². The Bertz CT molecular complexity index is 1020. The molecule has 1 aliphatic heterocycles. The van der Waals surface area contributed by atoms with E-state index >= 15 is 0 Å². The van der Waals surface area contributed by atoms with Gasteiger partial charge in [0.05, 0.1) is 17.6 Å². The lowest BCUT2D eigenvalue weighted by Gasteiger charge is -2.35. The maximum absolute atomic E-state index is 13.8. The van der Waals surface area contributed by atoms with Gasteiger partial charge in [0.15, 0.2) is 17.5 Å². The number of carbonyl (C=O) groups excluding carboxylic acids is 1. The second kappa shape index (κ2) is 8.70. The van der Waals surface area contributed by atoms with Crippen LogP contribution in [0.25, 0.3) is 0 Å². The Kier molecular flexibility index (Phi) is 6.07. The Morgan fingerprint density at radius 1 is 1.23 bits per heavy atom. The van der Waals surface area contributed by atoms with Crippen LogP contribution >= 0.6 is 0 Å². The van der Waals surface area contributed by atoms with E-state index in [0.29, 0.717) is 5.70 Å². The van der Waals surface area contributed by atoms with Gasteiger partial charge in [-0.1, -0.05) is 6.07 Å². The molecular formula is C20H17F2N3O5. The van der Waals surface area contributed by atoms with Gasteiger partial charge in [0.25, 0.3) is 5.69 Å². The third-order valence-corrected chi connectivity index (χ3v) is 4.26. The highest BCUT2D eigenvalue weighted by molar-refractivity contribution is 5.80. The summed E-state index contributed by atoms with van der Waals surface area (Å²) in [7, 11) is 1.45. The normalized spacial score (nSPS) is 16.0. The van der Waals surface area contributed by atoms with Gasteiger partial charge in [-0.15, -0.1) is 0 Å². The van der Waals surface area contributed by atoms with Crippen molar-refractivity contribution in [3.8, 4) is 5.75 Å². The molecule has 2 aromatic rings. The molecular weight excluding hydrogens is 400 g/mol. The number of amides is 2. The minimum absolute atomic E-state index is 0.0927. The van der Waals surface area contributed by atoms with Gasteiger partial charge in [0.1, 0.15) is 5.75 Å². The average Bonchev–Trinajstić information content (AvgIpc) is 2.70. The number of halogens is 2. The first kappa shape index (κ1) is 20.9. The Morgan fingerprint density at radius 3 is 2.53 bits per heavy atom. The molecule has 2 amide bonds. The fraction of sp³-hybridized carbons (Fsp3) is 0.150. The molecule has 30 heavy (non-hydrogen) atoms. The quantitative estimate of drug-likeness (QED) is 0.417. The van der Waals surface area contributed by atoms with Crippen LogP contribution in [0, 0.1) is 21.7 Å². The maximum Gasteiger partial charge on any atom is 0.329 e. The number of nitro groups is 1. The summed E-state index contributed by atoms with van der Waals surface area (Å²) >= 11 is 0. The number of benzene rings is 2. The van der Waals surface area contributed by atoms with Crippen LogP contribution in [-0.2, 0) is 4.74 Å². The Balaban J connectivity index is 1.92. The third kappa shape index (κ3) is 4.44. The predicted molar refractivity (Wildman–Crippen MR) is 102 cm³/mol. The van der Waals surface area contributed by atoms with E-state index in [1.807, 2.05) is 0 Å². The molecule has 0 spiro atoms. The van der Waals surface area contributed by atoms with Crippen molar-refractivity contribution in [2.45, 2.75) is 6.04 Å². The summed E-state index contributed by atoms with van der Waals surface area (Å²) in [5.41, 5.74) is 0.581. The molecule has 1 atom stereocenters. The van der Waals surface area contributed by atoms with Crippen molar-refractivity contribution in [3.05, 3.63) is 94.0 Å². The maximum atomic E-state index is 13.8. The molecule has 3 rings (SSSR count). The lowest BCUT2D eigenvalue weighted by Crippen LogP contribution is -2.46. The highest BCUT2D eigenvalue weighted by Crippen LogP contribution is 2.32. The summed E-state index contributed by atoms with van der Waals surface area (Å²) in [6, 6.07) is 6.98. The summed E-state index contributed by atoms with van der Waals surface area (Å²) < 4.78 is 37.8. The molecule has 2 aromatic carbocycles. The van der Waals surface area contributed by atoms with Gasteiger partial charge in [-0.25, -0.2) is 13.6 Å². The number of nitro benzene ring substituents is 1. The van der Waals surface area contributed by atoms with Crippen LogP contribution in [-0.4, -0.2) is 29.6 Å². The molecule has 1 aliphatic rings. The third-order valence-electron chi connectivity index (χ3n) is 4.26. The highest BCUT2D eigenvalue weighted by Gasteiger charge is 2.33. The number of nitrogens with one attached hydrogen (secondary N) is 1. The van der Waals surface area contributed by atoms with Crippen LogP contribution < -0.4 is 10.1 Å². The number of hydrogen-bond donors (Lipinski definition) is 1. The fourth-order valence-electron chi connectivity index (χ4n) is 2.90. The van der Waals surface area contributed by atoms with Gasteiger partial charge in [-0.2, -0.15) is 0 Å².